The van der Waals surface area contributed by atoms with Gasteiger partial charge in [-0.05, 0) is 42.8 Å². The Kier molecular flexibility index (Phi) is 3.18. The fraction of sp³-hybridized carbons (Fsp3) is 0.250. The number of thiophene rings is 1. The van der Waals surface area contributed by atoms with Crippen LogP contribution in [0.1, 0.15) is 22.3 Å². The average molecular weight is 284 g/mol. The summed E-state index contributed by atoms with van der Waals surface area (Å²) in [5.41, 5.74) is 5.53. The molecule has 0 radical (unpaired) electrons. The van der Waals surface area contributed by atoms with Crippen LogP contribution >= 0.6 is 11.3 Å². The largest absolute Gasteiger partial charge is 0.294 e. The molecule has 0 atom stereocenters. The van der Waals surface area contributed by atoms with Crippen LogP contribution in [0, 0.1) is 20.8 Å². The predicted molar refractivity (Wildman–Crippen MR) is 83.6 cm³/mol. The lowest BCUT2D eigenvalue weighted by Crippen LogP contribution is -2.20. The Labute approximate surface area is 121 Å². The molecule has 0 aliphatic carbocycles. The minimum absolute atomic E-state index is 0.0500. The fourth-order valence-electron chi connectivity index (χ4n) is 2.33. The first-order valence-electron chi connectivity index (χ1n) is 6.55. The van der Waals surface area contributed by atoms with E-state index in [1.54, 1.807) is 10.9 Å². The van der Waals surface area contributed by atoms with Crippen LogP contribution in [0.4, 0.5) is 0 Å². The topological polar surface area (TPSA) is 34.9 Å². The first-order chi connectivity index (χ1) is 9.56. The van der Waals surface area contributed by atoms with E-state index >= 15 is 0 Å². The van der Waals surface area contributed by atoms with Crippen molar-refractivity contribution in [1.82, 2.24) is 9.55 Å². The van der Waals surface area contributed by atoms with Gasteiger partial charge in [0, 0.05) is 0 Å². The quantitative estimate of drug-likeness (QED) is 0.722. The van der Waals surface area contributed by atoms with Gasteiger partial charge in [0.2, 0.25) is 0 Å². The van der Waals surface area contributed by atoms with Crippen molar-refractivity contribution >= 4 is 21.6 Å². The van der Waals surface area contributed by atoms with Gasteiger partial charge in [-0.1, -0.05) is 23.8 Å². The Bertz CT molecular complexity index is 845. The van der Waals surface area contributed by atoms with Crippen LogP contribution in [0.15, 0.2) is 34.7 Å². The number of aromatic nitrogens is 2. The van der Waals surface area contributed by atoms with Gasteiger partial charge in [-0.2, -0.15) is 0 Å². The summed E-state index contributed by atoms with van der Waals surface area (Å²) in [6.45, 7) is 6.70. The number of hydrogen-bond donors (Lipinski definition) is 0. The maximum Gasteiger partial charge on any atom is 0.271 e. The van der Waals surface area contributed by atoms with Crippen molar-refractivity contribution in [3.05, 3.63) is 62.5 Å². The molecule has 0 amide bonds. The number of benzene rings is 1. The van der Waals surface area contributed by atoms with Gasteiger partial charge in [-0.25, -0.2) is 4.98 Å². The third kappa shape index (κ3) is 2.16. The lowest BCUT2D eigenvalue weighted by atomic mass is 10.1. The molecule has 0 aliphatic heterocycles. The molecule has 2 heterocycles. The lowest BCUT2D eigenvalue weighted by Gasteiger charge is -2.09. The Morgan fingerprint density at radius 1 is 1.20 bits per heavy atom. The molecular weight excluding hydrogens is 268 g/mol. The molecule has 3 nitrogen and oxygen atoms in total. The SMILES string of the molecule is Cc1ccc(C)c(Cn2cnc3c(C)csc3c2=O)c1. The third-order valence-electron chi connectivity index (χ3n) is 3.57. The van der Waals surface area contributed by atoms with Gasteiger partial charge in [0.15, 0.2) is 0 Å². The summed E-state index contributed by atoms with van der Waals surface area (Å²) in [6.07, 6.45) is 1.66. The Hall–Kier alpha value is -1.94. The first kappa shape index (κ1) is 13.1. The molecule has 0 bridgehead atoms. The summed E-state index contributed by atoms with van der Waals surface area (Å²) < 4.78 is 2.44. The standard InChI is InChI=1S/C16H16N2OS/c1-10-4-5-11(2)13(6-10)7-18-9-17-14-12(3)8-20-15(14)16(18)19/h4-6,8-9H,7H2,1-3H3. The zero-order valence-electron chi connectivity index (χ0n) is 11.8. The Morgan fingerprint density at radius 2 is 2.00 bits per heavy atom. The third-order valence-corrected chi connectivity index (χ3v) is 4.64. The zero-order chi connectivity index (χ0) is 14.3. The predicted octanol–water partition coefficient (Wildman–Crippen LogP) is 3.43. The van der Waals surface area contributed by atoms with Crippen LogP contribution in [0.3, 0.4) is 0 Å². The normalized spacial score (nSPS) is 11.2. The van der Waals surface area contributed by atoms with Crippen molar-refractivity contribution in [3.8, 4) is 0 Å². The minimum atomic E-state index is 0.0500. The van der Waals surface area contributed by atoms with Crippen LogP contribution in [0.5, 0.6) is 0 Å². The Balaban J connectivity index is 2.09. The number of aryl methyl sites for hydroxylation is 3. The van der Waals surface area contributed by atoms with E-state index in [9.17, 15) is 4.79 Å². The minimum Gasteiger partial charge on any atom is -0.294 e. The molecule has 1 aromatic carbocycles. The van der Waals surface area contributed by atoms with Crippen molar-refractivity contribution in [3.63, 3.8) is 0 Å². The molecule has 0 saturated carbocycles. The van der Waals surface area contributed by atoms with E-state index in [1.807, 2.05) is 12.3 Å². The van der Waals surface area contributed by atoms with Crippen molar-refractivity contribution < 1.29 is 0 Å². The molecule has 102 valence electrons. The van der Waals surface area contributed by atoms with E-state index in [2.05, 4.69) is 37.0 Å². The molecule has 4 heteroatoms. The van der Waals surface area contributed by atoms with Crippen molar-refractivity contribution in [2.45, 2.75) is 27.3 Å². The summed E-state index contributed by atoms with van der Waals surface area (Å²) in [5, 5.41) is 1.99. The van der Waals surface area contributed by atoms with Crippen LogP contribution < -0.4 is 5.56 Å². The molecule has 0 N–H and O–H groups in total. The van der Waals surface area contributed by atoms with E-state index in [1.165, 1.54) is 28.0 Å². The van der Waals surface area contributed by atoms with Crippen molar-refractivity contribution in [2.75, 3.05) is 0 Å². The molecule has 0 unspecified atom stereocenters. The van der Waals surface area contributed by atoms with Crippen molar-refractivity contribution in [2.24, 2.45) is 0 Å². The van der Waals surface area contributed by atoms with Gasteiger partial charge >= 0.3 is 0 Å². The maximum absolute atomic E-state index is 12.5. The van der Waals surface area contributed by atoms with Gasteiger partial charge in [-0.15, -0.1) is 11.3 Å². The second-order valence-corrected chi connectivity index (χ2v) is 6.08. The van der Waals surface area contributed by atoms with Gasteiger partial charge in [0.05, 0.1) is 18.4 Å². The molecule has 2 aromatic heterocycles. The van der Waals surface area contributed by atoms with E-state index in [0.717, 1.165) is 15.8 Å². The van der Waals surface area contributed by atoms with Crippen LogP contribution in [0.25, 0.3) is 10.2 Å². The average Bonchev–Trinajstić information content (AvgIpc) is 2.79. The molecule has 0 aliphatic rings. The molecule has 3 rings (SSSR count). The fourth-order valence-corrected chi connectivity index (χ4v) is 3.28. The molecular formula is C16H16N2OS. The summed E-state index contributed by atoms with van der Waals surface area (Å²) in [4.78, 5) is 16.9. The number of nitrogens with zero attached hydrogens (tertiary/aromatic N) is 2. The van der Waals surface area contributed by atoms with E-state index in [0.29, 0.717) is 6.54 Å². The second-order valence-electron chi connectivity index (χ2n) is 5.20. The smallest absolute Gasteiger partial charge is 0.271 e. The monoisotopic (exact) mass is 284 g/mol. The van der Waals surface area contributed by atoms with Crippen LogP contribution in [-0.4, -0.2) is 9.55 Å². The highest BCUT2D eigenvalue weighted by Crippen LogP contribution is 2.20. The molecule has 0 spiro atoms. The van der Waals surface area contributed by atoms with E-state index in [-0.39, 0.29) is 5.56 Å². The first-order valence-corrected chi connectivity index (χ1v) is 7.43. The summed E-state index contributed by atoms with van der Waals surface area (Å²) in [6, 6.07) is 6.31. The Morgan fingerprint density at radius 3 is 2.80 bits per heavy atom. The van der Waals surface area contributed by atoms with Crippen LogP contribution in [0.2, 0.25) is 0 Å². The molecule has 0 fully saturated rings. The molecule has 20 heavy (non-hydrogen) atoms. The van der Waals surface area contributed by atoms with Crippen molar-refractivity contribution in [1.29, 1.82) is 0 Å². The highest BCUT2D eigenvalue weighted by molar-refractivity contribution is 7.17. The summed E-state index contributed by atoms with van der Waals surface area (Å²) in [7, 11) is 0. The van der Waals surface area contributed by atoms with E-state index < -0.39 is 0 Å². The molecule has 0 saturated heterocycles. The highest BCUT2D eigenvalue weighted by Gasteiger charge is 2.09. The van der Waals surface area contributed by atoms with E-state index in [4.69, 9.17) is 0 Å². The lowest BCUT2D eigenvalue weighted by molar-refractivity contribution is 0.745. The van der Waals surface area contributed by atoms with Gasteiger partial charge in [0.1, 0.15) is 4.70 Å². The molecule has 3 aromatic rings. The maximum atomic E-state index is 12.5. The number of fused-ring (bicyclic) bond motifs is 1. The van der Waals surface area contributed by atoms with Gasteiger partial charge in [0.25, 0.3) is 5.56 Å². The van der Waals surface area contributed by atoms with Crippen LogP contribution in [-0.2, 0) is 6.54 Å². The summed E-state index contributed by atoms with van der Waals surface area (Å²) in [5.74, 6) is 0. The second kappa shape index (κ2) is 4.87. The number of rotatable bonds is 2. The number of hydrogen-bond acceptors (Lipinski definition) is 3. The summed E-state index contributed by atoms with van der Waals surface area (Å²) >= 11 is 1.48. The van der Waals surface area contributed by atoms with Gasteiger partial charge in [-0.3, -0.25) is 9.36 Å². The highest BCUT2D eigenvalue weighted by atomic mass is 32.1. The zero-order valence-corrected chi connectivity index (χ0v) is 12.6. The van der Waals surface area contributed by atoms with Gasteiger partial charge < -0.3 is 0 Å².